The second-order valence-electron chi connectivity index (χ2n) is 7.65. The number of aromatic nitrogens is 3. The van der Waals surface area contributed by atoms with Crippen LogP contribution < -0.4 is 10.1 Å². The number of carbonyl (C=O) groups excluding carboxylic acids is 1. The highest BCUT2D eigenvalue weighted by atomic mass is 32.1. The Bertz CT molecular complexity index is 1090. The number of aromatic amines is 1. The van der Waals surface area contributed by atoms with E-state index in [-0.39, 0.29) is 12.5 Å². The van der Waals surface area contributed by atoms with E-state index in [1.165, 1.54) is 5.56 Å². The highest BCUT2D eigenvalue weighted by Gasteiger charge is 2.13. The van der Waals surface area contributed by atoms with Crippen LogP contribution in [0.2, 0.25) is 0 Å². The minimum absolute atomic E-state index is 0.0891. The molecule has 0 atom stereocenters. The third kappa shape index (κ3) is 5.61. The first-order valence-electron chi connectivity index (χ1n) is 10.6. The zero-order chi connectivity index (χ0) is 22.3. The van der Waals surface area contributed by atoms with Crippen LogP contribution >= 0.6 is 12.2 Å². The fourth-order valence-corrected chi connectivity index (χ4v) is 3.80. The number of rotatable bonds is 8. The lowest BCUT2D eigenvalue weighted by Crippen LogP contribution is -2.35. The van der Waals surface area contributed by atoms with Crippen molar-refractivity contribution < 1.29 is 14.3 Å². The first-order chi connectivity index (χ1) is 15.6. The molecule has 0 saturated carbocycles. The second kappa shape index (κ2) is 10.5. The van der Waals surface area contributed by atoms with E-state index in [9.17, 15) is 4.79 Å². The fourth-order valence-electron chi connectivity index (χ4n) is 3.60. The quantitative estimate of drug-likeness (QED) is 0.511. The molecule has 168 valence electrons. The molecule has 1 aliphatic rings. The highest BCUT2D eigenvalue weighted by molar-refractivity contribution is 7.71. The molecule has 9 heteroatoms. The van der Waals surface area contributed by atoms with Crippen LogP contribution in [0, 0.1) is 4.77 Å². The van der Waals surface area contributed by atoms with E-state index in [1.54, 1.807) is 11.7 Å². The molecule has 1 aliphatic heterocycles. The number of benzene rings is 2. The number of nitrogens with zero attached hydrogens (tertiary/aromatic N) is 3. The molecule has 0 spiro atoms. The van der Waals surface area contributed by atoms with Crippen LogP contribution in [0.5, 0.6) is 5.75 Å². The number of carbonyl (C=O) groups is 1. The van der Waals surface area contributed by atoms with Crippen LogP contribution in [0.4, 0.5) is 0 Å². The molecule has 1 amide bonds. The van der Waals surface area contributed by atoms with Gasteiger partial charge in [-0.15, -0.1) is 0 Å². The zero-order valence-corrected chi connectivity index (χ0v) is 18.9. The predicted molar refractivity (Wildman–Crippen MR) is 124 cm³/mol. The molecule has 8 nitrogen and oxygen atoms in total. The van der Waals surface area contributed by atoms with Gasteiger partial charge in [0.25, 0.3) is 0 Å². The van der Waals surface area contributed by atoms with Gasteiger partial charge in [0.15, 0.2) is 10.6 Å². The molecule has 1 aromatic heterocycles. The Morgan fingerprint density at radius 3 is 2.50 bits per heavy atom. The summed E-state index contributed by atoms with van der Waals surface area (Å²) in [5.41, 5.74) is 3.16. The molecule has 32 heavy (non-hydrogen) atoms. The SMILES string of the molecule is COc1ccc(-c2n[nH]c(=S)n2CC(=O)NCc2ccc(CN3CCOCC3)cc2)cc1. The Morgan fingerprint density at radius 2 is 1.81 bits per heavy atom. The number of amides is 1. The molecule has 0 aliphatic carbocycles. The van der Waals surface area contributed by atoms with Gasteiger partial charge in [0.05, 0.1) is 20.3 Å². The maximum absolute atomic E-state index is 12.6. The molecule has 1 fully saturated rings. The van der Waals surface area contributed by atoms with E-state index in [2.05, 4.69) is 44.7 Å². The molecule has 0 radical (unpaired) electrons. The predicted octanol–water partition coefficient (Wildman–Crippen LogP) is 2.76. The summed E-state index contributed by atoms with van der Waals surface area (Å²) in [7, 11) is 1.62. The Morgan fingerprint density at radius 1 is 1.12 bits per heavy atom. The number of ether oxygens (including phenoxy) is 2. The number of methoxy groups -OCH3 is 1. The Kier molecular flexibility index (Phi) is 7.31. The van der Waals surface area contributed by atoms with Gasteiger partial charge in [-0.2, -0.15) is 5.10 Å². The van der Waals surface area contributed by atoms with Crippen LogP contribution in [0.25, 0.3) is 11.4 Å². The van der Waals surface area contributed by atoms with Crippen LogP contribution in [-0.4, -0.2) is 59.0 Å². The Balaban J connectivity index is 1.33. The molecule has 2 aromatic carbocycles. The van der Waals surface area contributed by atoms with Gasteiger partial charge in [0.1, 0.15) is 12.3 Å². The normalized spacial score (nSPS) is 14.3. The second-order valence-corrected chi connectivity index (χ2v) is 8.04. The lowest BCUT2D eigenvalue weighted by Gasteiger charge is -2.26. The fraction of sp³-hybridized carbons (Fsp3) is 0.348. The van der Waals surface area contributed by atoms with Crippen molar-refractivity contribution >= 4 is 18.1 Å². The number of hydrogen-bond donors (Lipinski definition) is 2. The summed E-state index contributed by atoms with van der Waals surface area (Å²) in [6.45, 7) is 4.99. The van der Waals surface area contributed by atoms with E-state index in [0.717, 1.165) is 49.7 Å². The highest BCUT2D eigenvalue weighted by Crippen LogP contribution is 2.21. The molecule has 0 unspecified atom stereocenters. The first kappa shape index (κ1) is 22.2. The van der Waals surface area contributed by atoms with Crippen LogP contribution in [0.3, 0.4) is 0 Å². The van der Waals surface area contributed by atoms with E-state index < -0.39 is 0 Å². The summed E-state index contributed by atoms with van der Waals surface area (Å²) in [5.74, 6) is 1.23. The van der Waals surface area contributed by atoms with E-state index in [4.69, 9.17) is 21.7 Å². The zero-order valence-electron chi connectivity index (χ0n) is 18.0. The largest absolute Gasteiger partial charge is 0.497 e. The van der Waals surface area contributed by atoms with E-state index >= 15 is 0 Å². The monoisotopic (exact) mass is 453 g/mol. The molecule has 4 rings (SSSR count). The van der Waals surface area contributed by atoms with Crippen molar-refractivity contribution in [1.82, 2.24) is 25.0 Å². The lowest BCUT2D eigenvalue weighted by atomic mass is 10.1. The van der Waals surface area contributed by atoms with Crippen molar-refractivity contribution in [3.63, 3.8) is 0 Å². The lowest BCUT2D eigenvalue weighted by molar-refractivity contribution is -0.121. The summed E-state index contributed by atoms with van der Waals surface area (Å²) in [6, 6.07) is 15.8. The third-order valence-corrected chi connectivity index (χ3v) is 5.74. The van der Waals surface area contributed by atoms with Gasteiger partial charge < -0.3 is 14.8 Å². The molecular weight excluding hydrogens is 426 g/mol. The molecule has 1 saturated heterocycles. The number of nitrogens with one attached hydrogen (secondary N) is 2. The number of H-pyrrole nitrogens is 1. The van der Waals surface area contributed by atoms with Crippen molar-refractivity contribution in [3.8, 4) is 17.1 Å². The number of hydrogen-bond acceptors (Lipinski definition) is 6. The Labute approximate surface area is 192 Å². The smallest absolute Gasteiger partial charge is 0.240 e. The minimum Gasteiger partial charge on any atom is -0.497 e. The van der Waals surface area contributed by atoms with Crippen molar-refractivity contribution in [2.75, 3.05) is 33.4 Å². The van der Waals surface area contributed by atoms with Crippen molar-refractivity contribution in [3.05, 3.63) is 64.4 Å². The summed E-state index contributed by atoms with van der Waals surface area (Å²) >= 11 is 5.33. The van der Waals surface area contributed by atoms with Gasteiger partial charge in [-0.3, -0.25) is 19.4 Å². The van der Waals surface area contributed by atoms with Gasteiger partial charge in [-0.05, 0) is 47.6 Å². The van der Waals surface area contributed by atoms with Crippen molar-refractivity contribution in [2.24, 2.45) is 0 Å². The molecule has 0 bridgehead atoms. The standard InChI is InChI=1S/C23H27N5O3S/c1-30-20-8-6-19(7-9-20)22-25-26-23(32)28(22)16-21(29)24-14-17-2-4-18(5-3-17)15-27-10-12-31-13-11-27/h2-9H,10-16H2,1H3,(H,24,29)(H,26,32). The van der Waals surface area contributed by atoms with E-state index in [1.807, 2.05) is 24.3 Å². The van der Waals surface area contributed by atoms with Gasteiger partial charge in [-0.25, -0.2) is 0 Å². The van der Waals surface area contributed by atoms with E-state index in [0.29, 0.717) is 17.1 Å². The molecule has 3 aromatic rings. The first-order valence-corrected chi connectivity index (χ1v) is 11.0. The maximum Gasteiger partial charge on any atom is 0.240 e. The van der Waals surface area contributed by atoms with Crippen molar-refractivity contribution in [2.45, 2.75) is 19.6 Å². The van der Waals surface area contributed by atoms with Gasteiger partial charge in [0.2, 0.25) is 5.91 Å². The van der Waals surface area contributed by atoms with Crippen LogP contribution in [0.1, 0.15) is 11.1 Å². The summed E-state index contributed by atoms with van der Waals surface area (Å²) in [5, 5.41) is 10.0. The molecular formula is C23H27N5O3S. The molecule has 2 heterocycles. The van der Waals surface area contributed by atoms with Gasteiger partial charge in [0, 0.05) is 31.7 Å². The van der Waals surface area contributed by atoms with Crippen molar-refractivity contribution in [1.29, 1.82) is 0 Å². The average molecular weight is 454 g/mol. The molecule has 2 N–H and O–H groups in total. The maximum atomic E-state index is 12.6. The average Bonchev–Trinajstić information content (AvgIpc) is 3.19. The summed E-state index contributed by atoms with van der Waals surface area (Å²) < 4.78 is 12.7. The summed E-state index contributed by atoms with van der Waals surface area (Å²) in [4.78, 5) is 15.0. The minimum atomic E-state index is -0.130. The summed E-state index contributed by atoms with van der Waals surface area (Å²) in [6.07, 6.45) is 0. The Hall–Kier alpha value is -3.01. The topological polar surface area (TPSA) is 84.4 Å². The van der Waals surface area contributed by atoms with Gasteiger partial charge >= 0.3 is 0 Å². The third-order valence-electron chi connectivity index (χ3n) is 5.43. The van der Waals surface area contributed by atoms with Crippen LogP contribution in [-0.2, 0) is 29.2 Å². The number of morpholine rings is 1. The van der Waals surface area contributed by atoms with Gasteiger partial charge in [-0.1, -0.05) is 24.3 Å². The van der Waals surface area contributed by atoms with Crippen LogP contribution in [0.15, 0.2) is 48.5 Å².